The van der Waals surface area contributed by atoms with E-state index >= 15 is 0 Å². The molecule has 14 heavy (non-hydrogen) atoms. The van der Waals surface area contributed by atoms with Crippen molar-refractivity contribution in [1.82, 2.24) is 0 Å². The van der Waals surface area contributed by atoms with Crippen LogP contribution in [0, 0.1) is 23.2 Å². The highest BCUT2D eigenvalue weighted by Gasteiger charge is 2.51. The first kappa shape index (κ1) is 11.5. The van der Waals surface area contributed by atoms with Gasteiger partial charge in [-0.25, -0.2) is 0 Å². The van der Waals surface area contributed by atoms with E-state index < -0.39 is 11.9 Å². The summed E-state index contributed by atoms with van der Waals surface area (Å²) in [6.07, 6.45) is 0.440. The molecule has 1 fully saturated rings. The molecule has 0 heterocycles. The van der Waals surface area contributed by atoms with Crippen LogP contribution in [0.5, 0.6) is 0 Å². The molecule has 0 aromatic heterocycles. The minimum atomic E-state index is -0.980. The van der Waals surface area contributed by atoms with Crippen LogP contribution in [0.3, 0.4) is 0 Å². The Morgan fingerprint density at radius 3 is 2.21 bits per heavy atom. The Kier molecular flexibility index (Phi) is 2.91. The van der Waals surface area contributed by atoms with Crippen LogP contribution >= 0.6 is 0 Å². The third-order valence-electron chi connectivity index (χ3n) is 3.98. The van der Waals surface area contributed by atoms with Crippen molar-refractivity contribution in [2.24, 2.45) is 23.2 Å². The third kappa shape index (κ3) is 1.65. The molecule has 4 unspecified atom stereocenters. The lowest BCUT2D eigenvalue weighted by atomic mass is 9.50. The van der Waals surface area contributed by atoms with Crippen LogP contribution in [0.25, 0.3) is 0 Å². The van der Waals surface area contributed by atoms with Crippen molar-refractivity contribution in [3.8, 4) is 0 Å². The number of aliphatic hydroxyl groups excluding tert-OH is 1. The normalized spacial score (nSPS) is 34.4. The molecule has 0 aromatic rings. The van der Waals surface area contributed by atoms with Crippen molar-refractivity contribution >= 4 is 5.97 Å². The van der Waals surface area contributed by atoms with E-state index in [0.717, 1.165) is 6.42 Å². The van der Waals surface area contributed by atoms with Crippen LogP contribution in [0.4, 0.5) is 0 Å². The molecule has 1 saturated carbocycles. The molecular weight excluding hydrogens is 180 g/mol. The molecule has 0 bridgehead atoms. The number of hydrogen-bond acceptors (Lipinski definition) is 3. The van der Waals surface area contributed by atoms with Crippen molar-refractivity contribution in [2.45, 2.75) is 40.2 Å². The molecule has 0 aliphatic heterocycles. The fraction of sp³-hybridized carbons (Fsp3) is 0.909. The number of carbonyl (C=O) groups is 1. The van der Waals surface area contributed by atoms with Gasteiger partial charge in [0, 0.05) is 5.97 Å². The van der Waals surface area contributed by atoms with E-state index in [-0.39, 0.29) is 23.4 Å². The zero-order chi connectivity index (χ0) is 11.1. The largest absolute Gasteiger partial charge is 0.550 e. The Hall–Kier alpha value is -0.570. The Balaban J connectivity index is 2.67. The van der Waals surface area contributed by atoms with Crippen molar-refractivity contribution in [3.05, 3.63) is 0 Å². The quantitative estimate of drug-likeness (QED) is 0.716. The lowest BCUT2D eigenvalue weighted by Crippen LogP contribution is -2.54. The molecule has 1 aliphatic rings. The Bertz CT molecular complexity index is 233. The van der Waals surface area contributed by atoms with E-state index in [1.807, 2.05) is 13.8 Å². The maximum absolute atomic E-state index is 10.7. The number of aliphatic carboxylic acids is 1. The standard InChI is InChI=1S/C11H20O3/c1-6(10(13)14)8-5-9(7(2)12)11(8,3)4/h6-9,12H,5H2,1-4H3,(H,13,14)/p-1. The topological polar surface area (TPSA) is 60.4 Å². The van der Waals surface area contributed by atoms with Crippen molar-refractivity contribution in [2.75, 3.05) is 0 Å². The van der Waals surface area contributed by atoms with Gasteiger partial charge in [0.05, 0.1) is 6.10 Å². The highest BCUT2D eigenvalue weighted by molar-refractivity contribution is 5.67. The minimum Gasteiger partial charge on any atom is -0.550 e. The monoisotopic (exact) mass is 199 g/mol. The van der Waals surface area contributed by atoms with Gasteiger partial charge in [0.25, 0.3) is 0 Å². The summed E-state index contributed by atoms with van der Waals surface area (Å²) in [7, 11) is 0. The van der Waals surface area contributed by atoms with Gasteiger partial charge in [0.1, 0.15) is 0 Å². The van der Waals surface area contributed by atoms with E-state index in [4.69, 9.17) is 0 Å². The maximum Gasteiger partial charge on any atom is 0.0545 e. The SMILES string of the molecule is CC(O)C1CC(C(C)C(=O)[O-])C1(C)C. The second-order valence-electron chi connectivity index (χ2n) is 5.12. The minimum absolute atomic E-state index is 0.0896. The molecule has 1 N–H and O–H groups in total. The summed E-state index contributed by atoms with van der Waals surface area (Å²) in [6, 6.07) is 0. The van der Waals surface area contributed by atoms with Crippen molar-refractivity contribution in [1.29, 1.82) is 0 Å². The molecule has 4 atom stereocenters. The zero-order valence-electron chi connectivity index (χ0n) is 9.28. The highest BCUT2D eigenvalue weighted by Crippen LogP contribution is 2.55. The summed E-state index contributed by atoms with van der Waals surface area (Å²) in [4.78, 5) is 10.7. The maximum atomic E-state index is 10.7. The molecule has 0 radical (unpaired) electrons. The second kappa shape index (κ2) is 3.54. The number of aliphatic hydroxyl groups is 1. The Labute approximate surface area is 85.1 Å². The fourth-order valence-electron chi connectivity index (χ4n) is 2.83. The molecule has 0 spiro atoms. The number of carbonyl (C=O) groups excluding carboxylic acids is 1. The molecular formula is C11H19O3-. The van der Waals surface area contributed by atoms with E-state index in [1.54, 1.807) is 13.8 Å². The van der Waals surface area contributed by atoms with Crippen LogP contribution in [0.2, 0.25) is 0 Å². The second-order valence-corrected chi connectivity index (χ2v) is 5.12. The predicted octanol–water partition coefficient (Wildman–Crippen LogP) is 0.415. The van der Waals surface area contributed by atoms with Crippen LogP contribution in [0.1, 0.15) is 34.1 Å². The van der Waals surface area contributed by atoms with Crippen molar-refractivity contribution < 1.29 is 15.0 Å². The smallest absolute Gasteiger partial charge is 0.0545 e. The van der Waals surface area contributed by atoms with Crippen LogP contribution < -0.4 is 5.11 Å². The third-order valence-corrected chi connectivity index (χ3v) is 3.98. The van der Waals surface area contributed by atoms with Gasteiger partial charge >= 0.3 is 0 Å². The lowest BCUT2D eigenvalue weighted by Gasteiger charge is -2.56. The number of rotatable bonds is 3. The average molecular weight is 199 g/mol. The summed E-state index contributed by atoms with van der Waals surface area (Å²) < 4.78 is 0. The highest BCUT2D eigenvalue weighted by atomic mass is 16.4. The van der Waals surface area contributed by atoms with Crippen LogP contribution in [0.15, 0.2) is 0 Å². The van der Waals surface area contributed by atoms with Crippen LogP contribution in [-0.4, -0.2) is 17.2 Å². The van der Waals surface area contributed by atoms with Crippen molar-refractivity contribution in [3.63, 3.8) is 0 Å². The molecule has 0 aromatic carbocycles. The van der Waals surface area contributed by atoms with Gasteiger partial charge in [-0.15, -0.1) is 0 Å². The molecule has 3 nitrogen and oxygen atoms in total. The first-order chi connectivity index (χ1) is 6.28. The number of carboxylic acids is 1. The van der Waals surface area contributed by atoms with Gasteiger partial charge in [-0.05, 0) is 36.5 Å². The average Bonchev–Trinajstić information content (AvgIpc) is 2.01. The summed E-state index contributed by atoms with van der Waals surface area (Å²) in [6.45, 7) is 7.52. The molecule has 0 amide bonds. The summed E-state index contributed by atoms with van der Waals surface area (Å²) in [5.74, 6) is -1.05. The molecule has 0 saturated heterocycles. The number of carboxylic acid groups (broad SMARTS) is 1. The van der Waals surface area contributed by atoms with Gasteiger partial charge in [-0.1, -0.05) is 20.8 Å². The predicted molar refractivity (Wildman–Crippen MR) is 51.2 cm³/mol. The van der Waals surface area contributed by atoms with Gasteiger partial charge < -0.3 is 15.0 Å². The van der Waals surface area contributed by atoms with Gasteiger partial charge in [-0.2, -0.15) is 0 Å². The first-order valence-electron chi connectivity index (χ1n) is 5.17. The summed E-state index contributed by atoms with van der Waals surface area (Å²) in [5, 5.41) is 20.2. The van der Waals surface area contributed by atoms with Gasteiger partial charge in [0.15, 0.2) is 0 Å². The lowest BCUT2D eigenvalue weighted by molar-refractivity contribution is -0.316. The van der Waals surface area contributed by atoms with E-state index in [2.05, 4.69) is 0 Å². The Morgan fingerprint density at radius 2 is 1.93 bits per heavy atom. The molecule has 82 valence electrons. The zero-order valence-corrected chi connectivity index (χ0v) is 9.28. The molecule has 3 heteroatoms. The van der Waals surface area contributed by atoms with E-state index in [1.165, 1.54) is 0 Å². The Morgan fingerprint density at radius 1 is 1.43 bits per heavy atom. The number of hydrogen-bond donors (Lipinski definition) is 1. The van der Waals surface area contributed by atoms with E-state index in [9.17, 15) is 15.0 Å². The summed E-state index contributed by atoms with van der Waals surface area (Å²) in [5.41, 5.74) is -0.0896. The summed E-state index contributed by atoms with van der Waals surface area (Å²) >= 11 is 0. The first-order valence-corrected chi connectivity index (χ1v) is 5.17. The molecule has 1 rings (SSSR count). The fourth-order valence-corrected chi connectivity index (χ4v) is 2.83. The van der Waals surface area contributed by atoms with Crippen LogP contribution in [-0.2, 0) is 4.79 Å². The van der Waals surface area contributed by atoms with Gasteiger partial charge in [0.2, 0.25) is 0 Å². The molecule has 1 aliphatic carbocycles. The van der Waals surface area contributed by atoms with Gasteiger partial charge in [-0.3, -0.25) is 0 Å². The van der Waals surface area contributed by atoms with E-state index in [0.29, 0.717) is 0 Å².